The van der Waals surface area contributed by atoms with Crippen molar-refractivity contribution in [2.45, 2.75) is 12.0 Å². The minimum Gasteiger partial charge on any atom is -0.479 e. The van der Waals surface area contributed by atoms with E-state index in [1.165, 1.54) is 12.5 Å². The van der Waals surface area contributed by atoms with Crippen molar-refractivity contribution < 1.29 is 19.4 Å². The molecule has 4 rings (SSSR count). The lowest BCUT2D eigenvalue weighted by Gasteiger charge is -2.17. The second-order valence-corrected chi connectivity index (χ2v) is 6.67. The van der Waals surface area contributed by atoms with Crippen LogP contribution >= 0.6 is 12.4 Å². The Labute approximate surface area is 173 Å². The number of hydrogen-bond acceptors (Lipinski definition) is 4. The number of carboxylic acid groups (broad SMARTS) is 1. The molecule has 0 radical (unpaired) electrons. The van der Waals surface area contributed by atoms with Gasteiger partial charge in [-0.15, -0.1) is 12.4 Å². The summed E-state index contributed by atoms with van der Waals surface area (Å²) >= 11 is 0. The van der Waals surface area contributed by atoms with Crippen LogP contribution in [0.25, 0.3) is 11.1 Å². The Bertz CT molecular complexity index is 1000. The summed E-state index contributed by atoms with van der Waals surface area (Å²) in [7, 11) is 1.66. The SMILES string of the molecule is Cl.Cn1cncc1C(NC(=O)OCC1c2ccccc2-c2ccccc21)C(=O)O. The number of aryl methyl sites for hydroxylation is 1. The van der Waals surface area contributed by atoms with Crippen LogP contribution in [0.3, 0.4) is 0 Å². The molecule has 1 aliphatic carbocycles. The number of carbonyl (C=O) groups excluding carboxylic acids is 1. The first-order chi connectivity index (χ1) is 13.6. The Morgan fingerprint density at radius 2 is 1.72 bits per heavy atom. The lowest BCUT2D eigenvalue weighted by atomic mass is 9.98. The van der Waals surface area contributed by atoms with E-state index < -0.39 is 18.1 Å². The van der Waals surface area contributed by atoms with Crippen LogP contribution in [0.2, 0.25) is 0 Å². The van der Waals surface area contributed by atoms with Gasteiger partial charge in [-0.3, -0.25) is 0 Å². The molecule has 29 heavy (non-hydrogen) atoms. The molecular weight excluding hydrogens is 394 g/mol. The number of nitrogens with zero attached hydrogens (tertiary/aromatic N) is 2. The smallest absolute Gasteiger partial charge is 0.408 e. The van der Waals surface area contributed by atoms with Crippen LogP contribution in [0.5, 0.6) is 0 Å². The van der Waals surface area contributed by atoms with Gasteiger partial charge in [-0.1, -0.05) is 48.5 Å². The monoisotopic (exact) mass is 413 g/mol. The van der Waals surface area contributed by atoms with Crippen LogP contribution in [0.4, 0.5) is 4.79 Å². The molecule has 3 aromatic rings. The first kappa shape index (κ1) is 20.4. The molecule has 2 N–H and O–H groups in total. The van der Waals surface area contributed by atoms with E-state index in [9.17, 15) is 14.7 Å². The Morgan fingerprint density at radius 1 is 1.14 bits per heavy atom. The van der Waals surface area contributed by atoms with Gasteiger partial charge in [0.05, 0.1) is 18.2 Å². The maximum atomic E-state index is 12.3. The van der Waals surface area contributed by atoms with Crippen molar-refractivity contribution in [3.05, 3.63) is 77.9 Å². The molecule has 0 spiro atoms. The number of aromatic nitrogens is 2. The second kappa shape index (κ2) is 8.36. The molecule has 2 aromatic carbocycles. The number of halogens is 1. The van der Waals surface area contributed by atoms with Gasteiger partial charge in [0.2, 0.25) is 0 Å². The molecule has 0 saturated carbocycles. The van der Waals surface area contributed by atoms with Gasteiger partial charge < -0.3 is 19.7 Å². The molecule has 8 heteroatoms. The number of benzene rings is 2. The number of fused-ring (bicyclic) bond motifs is 3. The van der Waals surface area contributed by atoms with Gasteiger partial charge in [0.1, 0.15) is 6.61 Å². The molecule has 0 aliphatic heterocycles. The fraction of sp³-hybridized carbons (Fsp3) is 0.190. The fourth-order valence-corrected chi connectivity index (χ4v) is 3.67. The zero-order valence-electron chi connectivity index (χ0n) is 15.6. The van der Waals surface area contributed by atoms with Crippen LogP contribution in [0.15, 0.2) is 61.1 Å². The third-order valence-electron chi connectivity index (χ3n) is 5.00. The van der Waals surface area contributed by atoms with Crippen LogP contribution < -0.4 is 5.32 Å². The van der Waals surface area contributed by atoms with Crippen molar-refractivity contribution in [3.63, 3.8) is 0 Å². The summed E-state index contributed by atoms with van der Waals surface area (Å²) in [6.45, 7) is 0.123. The van der Waals surface area contributed by atoms with Gasteiger partial charge >= 0.3 is 12.1 Å². The number of rotatable bonds is 5. The number of imidazole rings is 1. The maximum Gasteiger partial charge on any atom is 0.408 e. The third-order valence-corrected chi connectivity index (χ3v) is 5.00. The molecule has 0 bridgehead atoms. The average Bonchev–Trinajstić information content (AvgIpc) is 3.25. The summed E-state index contributed by atoms with van der Waals surface area (Å²) in [6.07, 6.45) is 2.10. The van der Waals surface area contributed by atoms with E-state index in [0.717, 1.165) is 22.3 Å². The number of carboxylic acids is 1. The zero-order valence-corrected chi connectivity index (χ0v) is 16.4. The lowest BCUT2D eigenvalue weighted by Crippen LogP contribution is -2.35. The van der Waals surface area contributed by atoms with Gasteiger partial charge in [-0.05, 0) is 22.3 Å². The van der Waals surface area contributed by atoms with E-state index in [1.54, 1.807) is 11.6 Å². The molecule has 1 aromatic heterocycles. The summed E-state index contributed by atoms with van der Waals surface area (Å²) in [5.41, 5.74) is 4.81. The van der Waals surface area contributed by atoms with Crippen molar-refractivity contribution in [1.82, 2.24) is 14.9 Å². The van der Waals surface area contributed by atoms with Crippen LogP contribution in [0, 0.1) is 0 Å². The van der Waals surface area contributed by atoms with Gasteiger partial charge in [0.25, 0.3) is 0 Å². The Balaban J connectivity index is 0.00000240. The lowest BCUT2D eigenvalue weighted by molar-refractivity contribution is -0.139. The molecule has 1 heterocycles. The number of hydrogen-bond donors (Lipinski definition) is 2. The van der Waals surface area contributed by atoms with Gasteiger partial charge in [-0.25, -0.2) is 14.6 Å². The van der Waals surface area contributed by atoms with E-state index in [1.807, 2.05) is 36.4 Å². The number of aliphatic carboxylic acids is 1. The Hall–Kier alpha value is -3.32. The van der Waals surface area contributed by atoms with Gasteiger partial charge in [-0.2, -0.15) is 0 Å². The van der Waals surface area contributed by atoms with E-state index in [2.05, 4.69) is 22.4 Å². The van der Waals surface area contributed by atoms with Crippen molar-refractivity contribution in [1.29, 1.82) is 0 Å². The predicted molar refractivity (Wildman–Crippen MR) is 109 cm³/mol. The summed E-state index contributed by atoms with van der Waals surface area (Å²) in [4.78, 5) is 27.8. The molecule has 1 atom stereocenters. The molecule has 1 amide bonds. The zero-order chi connectivity index (χ0) is 19.7. The molecule has 1 unspecified atom stereocenters. The number of amides is 1. The van der Waals surface area contributed by atoms with Crippen molar-refractivity contribution in [2.24, 2.45) is 7.05 Å². The van der Waals surface area contributed by atoms with E-state index in [4.69, 9.17) is 4.74 Å². The van der Waals surface area contributed by atoms with Gasteiger partial charge in [0, 0.05) is 13.0 Å². The number of carbonyl (C=O) groups is 2. The Kier molecular flexibility index (Phi) is 5.89. The molecule has 1 aliphatic rings. The van der Waals surface area contributed by atoms with Gasteiger partial charge in [0.15, 0.2) is 6.04 Å². The van der Waals surface area contributed by atoms with Crippen molar-refractivity contribution in [3.8, 4) is 11.1 Å². The quantitative estimate of drug-likeness (QED) is 0.667. The average molecular weight is 414 g/mol. The molecule has 150 valence electrons. The fourth-order valence-electron chi connectivity index (χ4n) is 3.67. The standard InChI is InChI=1S/C21H19N3O4.ClH/c1-24-12-22-10-18(24)19(20(25)26)23-21(27)28-11-17-15-8-4-2-6-13(15)14-7-3-5-9-16(14)17;/h2-10,12,17,19H,11H2,1H3,(H,23,27)(H,25,26);1H. The highest BCUT2D eigenvalue weighted by atomic mass is 35.5. The minimum absolute atomic E-state index is 0. The Morgan fingerprint density at radius 3 is 2.24 bits per heavy atom. The van der Waals surface area contributed by atoms with Crippen molar-refractivity contribution >= 4 is 24.5 Å². The van der Waals surface area contributed by atoms with E-state index >= 15 is 0 Å². The molecule has 0 fully saturated rings. The minimum atomic E-state index is -1.23. The van der Waals surface area contributed by atoms with Crippen LogP contribution in [-0.4, -0.2) is 33.3 Å². The summed E-state index contributed by atoms with van der Waals surface area (Å²) in [5.74, 6) is -1.27. The van der Waals surface area contributed by atoms with Crippen LogP contribution in [-0.2, 0) is 16.6 Å². The van der Waals surface area contributed by atoms with E-state index in [0.29, 0.717) is 5.69 Å². The number of ether oxygens (including phenoxy) is 1. The normalized spacial score (nSPS) is 13.0. The molecular formula is C21H20ClN3O4. The highest BCUT2D eigenvalue weighted by Gasteiger charge is 2.30. The first-order valence-corrected chi connectivity index (χ1v) is 8.87. The summed E-state index contributed by atoms with van der Waals surface area (Å²) in [5, 5.41) is 11.9. The highest BCUT2D eigenvalue weighted by Crippen LogP contribution is 2.44. The third kappa shape index (κ3) is 3.82. The predicted octanol–water partition coefficient (Wildman–Crippen LogP) is 3.51. The molecule has 0 saturated heterocycles. The maximum absolute atomic E-state index is 12.3. The second-order valence-electron chi connectivity index (χ2n) is 6.67. The summed E-state index contributed by atoms with van der Waals surface area (Å²) in [6, 6.07) is 14.8. The number of alkyl carbamates (subject to hydrolysis) is 1. The van der Waals surface area contributed by atoms with Crippen molar-refractivity contribution in [2.75, 3.05) is 6.61 Å². The first-order valence-electron chi connectivity index (χ1n) is 8.87. The largest absolute Gasteiger partial charge is 0.479 e. The van der Waals surface area contributed by atoms with Crippen LogP contribution in [0.1, 0.15) is 28.8 Å². The van der Waals surface area contributed by atoms with E-state index in [-0.39, 0.29) is 24.9 Å². The highest BCUT2D eigenvalue weighted by molar-refractivity contribution is 5.85. The summed E-state index contributed by atoms with van der Waals surface area (Å²) < 4.78 is 6.96. The molecule has 7 nitrogen and oxygen atoms in total. The number of nitrogens with one attached hydrogen (secondary N) is 1. The topological polar surface area (TPSA) is 93.5 Å².